The molecular weight excluding hydrogens is 347 g/mol. The molecule has 0 spiro atoms. The summed E-state index contributed by atoms with van der Waals surface area (Å²) in [5.74, 6) is -0.845. The molecular formula is C20H15FN4O2. The number of nitrogens with one attached hydrogen (secondary N) is 2. The van der Waals surface area contributed by atoms with Gasteiger partial charge in [-0.3, -0.25) is 9.59 Å². The number of aromatic amines is 1. The van der Waals surface area contributed by atoms with Gasteiger partial charge in [0.05, 0.1) is 11.4 Å². The van der Waals surface area contributed by atoms with Crippen LogP contribution in [0.2, 0.25) is 0 Å². The van der Waals surface area contributed by atoms with Crippen molar-refractivity contribution in [1.29, 1.82) is 0 Å². The maximum atomic E-state index is 14.0. The lowest BCUT2D eigenvalue weighted by Gasteiger charge is -2.09. The molecule has 6 nitrogen and oxygen atoms in total. The first kappa shape index (κ1) is 16.7. The molecule has 0 aliphatic heterocycles. The zero-order valence-corrected chi connectivity index (χ0v) is 14.1. The number of anilines is 1. The summed E-state index contributed by atoms with van der Waals surface area (Å²) in [6.07, 6.45) is 1.78. The number of hydrogen-bond donors (Lipinski definition) is 2. The van der Waals surface area contributed by atoms with E-state index in [4.69, 9.17) is 0 Å². The van der Waals surface area contributed by atoms with Crippen molar-refractivity contribution >= 4 is 22.5 Å². The molecule has 4 rings (SSSR count). The first-order valence-electron chi connectivity index (χ1n) is 8.31. The lowest BCUT2D eigenvalue weighted by molar-refractivity contribution is -0.117. The number of benzene rings is 2. The molecule has 1 amide bonds. The van der Waals surface area contributed by atoms with Gasteiger partial charge in [0.2, 0.25) is 5.91 Å². The normalized spacial score (nSPS) is 10.9. The highest BCUT2D eigenvalue weighted by molar-refractivity contribution is 6.01. The second kappa shape index (κ2) is 6.87. The molecule has 2 aromatic carbocycles. The molecule has 0 fully saturated rings. The van der Waals surface area contributed by atoms with Crippen LogP contribution in [0.5, 0.6) is 0 Å². The van der Waals surface area contributed by atoms with Crippen LogP contribution in [0, 0.1) is 5.82 Å². The van der Waals surface area contributed by atoms with Gasteiger partial charge in [0.1, 0.15) is 12.4 Å². The van der Waals surface area contributed by atoms with Gasteiger partial charge < -0.3 is 10.3 Å². The van der Waals surface area contributed by atoms with Gasteiger partial charge in [0.25, 0.3) is 5.56 Å². The summed E-state index contributed by atoms with van der Waals surface area (Å²) in [7, 11) is 0. The van der Waals surface area contributed by atoms with Gasteiger partial charge >= 0.3 is 0 Å². The number of rotatable bonds is 4. The monoisotopic (exact) mass is 362 g/mol. The number of aromatic nitrogens is 3. The number of amides is 1. The number of H-pyrrole nitrogens is 1. The van der Waals surface area contributed by atoms with Crippen molar-refractivity contribution in [1.82, 2.24) is 14.8 Å². The number of carbonyl (C=O) groups is 1. The van der Waals surface area contributed by atoms with Crippen molar-refractivity contribution < 1.29 is 9.18 Å². The van der Waals surface area contributed by atoms with E-state index >= 15 is 0 Å². The van der Waals surface area contributed by atoms with E-state index in [1.807, 2.05) is 18.2 Å². The Morgan fingerprint density at radius 2 is 1.93 bits per heavy atom. The standard InChI is InChI=1S/C20H15FN4O2/c21-15-5-2-1-4-13(15)18-8-9-20(27)25(24-18)12-19(26)23-17-7-3-6-16-14(17)10-11-22-16/h1-11,22H,12H2,(H,23,26). The smallest absolute Gasteiger partial charge is 0.267 e. The third kappa shape index (κ3) is 3.35. The van der Waals surface area contributed by atoms with Crippen LogP contribution >= 0.6 is 0 Å². The molecule has 7 heteroatoms. The fraction of sp³-hybridized carbons (Fsp3) is 0.0500. The second-order valence-corrected chi connectivity index (χ2v) is 5.99. The number of fused-ring (bicyclic) bond motifs is 1. The molecule has 2 heterocycles. The lowest BCUT2D eigenvalue weighted by atomic mass is 10.1. The van der Waals surface area contributed by atoms with Gasteiger partial charge in [0, 0.05) is 28.7 Å². The molecule has 0 aliphatic rings. The van der Waals surface area contributed by atoms with Crippen LogP contribution < -0.4 is 10.9 Å². The van der Waals surface area contributed by atoms with E-state index < -0.39 is 17.3 Å². The van der Waals surface area contributed by atoms with E-state index in [1.54, 1.807) is 30.5 Å². The molecule has 0 unspecified atom stereocenters. The Balaban J connectivity index is 1.60. The minimum atomic E-state index is -0.446. The summed E-state index contributed by atoms with van der Waals surface area (Å²) in [6, 6.07) is 16.2. The zero-order chi connectivity index (χ0) is 18.8. The van der Waals surface area contributed by atoms with Crippen molar-refractivity contribution in [3.63, 3.8) is 0 Å². The highest BCUT2D eigenvalue weighted by Crippen LogP contribution is 2.22. The SMILES string of the molecule is O=C(Cn1nc(-c2ccccc2F)ccc1=O)Nc1cccc2[nH]ccc12. The van der Waals surface area contributed by atoms with Gasteiger partial charge in [-0.2, -0.15) is 5.10 Å². The van der Waals surface area contributed by atoms with Gasteiger partial charge in [-0.25, -0.2) is 9.07 Å². The van der Waals surface area contributed by atoms with E-state index in [2.05, 4.69) is 15.4 Å². The Labute approximate surface area is 153 Å². The first-order valence-corrected chi connectivity index (χ1v) is 8.31. The lowest BCUT2D eigenvalue weighted by Crippen LogP contribution is -2.29. The summed E-state index contributed by atoms with van der Waals surface area (Å²) >= 11 is 0. The Bertz CT molecular complexity index is 1200. The summed E-state index contributed by atoms with van der Waals surface area (Å²) < 4.78 is 15.0. The predicted octanol–water partition coefficient (Wildman–Crippen LogP) is 3.17. The first-order chi connectivity index (χ1) is 13.1. The van der Waals surface area contributed by atoms with E-state index in [0.29, 0.717) is 5.69 Å². The van der Waals surface area contributed by atoms with Crippen molar-refractivity contribution in [2.24, 2.45) is 0 Å². The fourth-order valence-corrected chi connectivity index (χ4v) is 2.89. The molecule has 2 N–H and O–H groups in total. The molecule has 27 heavy (non-hydrogen) atoms. The highest BCUT2D eigenvalue weighted by atomic mass is 19.1. The van der Waals surface area contributed by atoms with E-state index in [0.717, 1.165) is 15.6 Å². The summed E-state index contributed by atoms with van der Waals surface area (Å²) in [4.78, 5) is 27.6. The Kier molecular flexibility index (Phi) is 4.25. The molecule has 134 valence electrons. The number of halogens is 1. The molecule has 0 bridgehead atoms. The van der Waals surface area contributed by atoms with E-state index in [1.165, 1.54) is 18.2 Å². The van der Waals surface area contributed by atoms with Crippen LogP contribution in [-0.4, -0.2) is 20.7 Å². The van der Waals surface area contributed by atoms with Crippen LogP contribution in [0.1, 0.15) is 0 Å². The molecule has 0 saturated carbocycles. The van der Waals surface area contributed by atoms with E-state index in [9.17, 15) is 14.0 Å². The van der Waals surface area contributed by atoms with Crippen molar-refractivity contribution in [2.45, 2.75) is 6.54 Å². The summed E-state index contributed by atoms with van der Waals surface area (Å²) in [5.41, 5.74) is 1.64. The third-order valence-electron chi connectivity index (χ3n) is 4.18. The molecule has 0 atom stereocenters. The Morgan fingerprint density at radius 3 is 2.78 bits per heavy atom. The number of carbonyl (C=O) groups excluding carboxylic acids is 1. The van der Waals surface area contributed by atoms with Crippen LogP contribution in [-0.2, 0) is 11.3 Å². The van der Waals surface area contributed by atoms with Crippen molar-refractivity contribution in [2.75, 3.05) is 5.32 Å². The minimum absolute atomic E-state index is 0.267. The highest BCUT2D eigenvalue weighted by Gasteiger charge is 2.11. The number of hydrogen-bond acceptors (Lipinski definition) is 3. The third-order valence-corrected chi connectivity index (χ3v) is 4.18. The maximum Gasteiger partial charge on any atom is 0.267 e. The predicted molar refractivity (Wildman–Crippen MR) is 101 cm³/mol. The van der Waals surface area contributed by atoms with E-state index in [-0.39, 0.29) is 17.8 Å². The topological polar surface area (TPSA) is 79.8 Å². The Hall–Kier alpha value is -3.74. The van der Waals surface area contributed by atoms with Crippen LogP contribution in [0.4, 0.5) is 10.1 Å². The Morgan fingerprint density at radius 1 is 1.07 bits per heavy atom. The van der Waals surface area contributed by atoms with Crippen molar-refractivity contribution in [3.05, 3.63) is 83.0 Å². The van der Waals surface area contributed by atoms with Crippen LogP contribution in [0.15, 0.2) is 71.7 Å². The van der Waals surface area contributed by atoms with Crippen molar-refractivity contribution in [3.8, 4) is 11.3 Å². The minimum Gasteiger partial charge on any atom is -0.361 e. The average molecular weight is 362 g/mol. The molecule has 2 aromatic heterocycles. The molecule has 4 aromatic rings. The second-order valence-electron chi connectivity index (χ2n) is 5.99. The van der Waals surface area contributed by atoms with Gasteiger partial charge in [-0.15, -0.1) is 0 Å². The zero-order valence-electron chi connectivity index (χ0n) is 14.1. The van der Waals surface area contributed by atoms with Gasteiger partial charge in [-0.05, 0) is 36.4 Å². The van der Waals surface area contributed by atoms with Crippen LogP contribution in [0.3, 0.4) is 0 Å². The number of nitrogens with zero attached hydrogens (tertiary/aromatic N) is 2. The average Bonchev–Trinajstić information content (AvgIpc) is 3.14. The maximum absolute atomic E-state index is 14.0. The largest absolute Gasteiger partial charge is 0.361 e. The molecule has 0 saturated heterocycles. The van der Waals surface area contributed by atoms with Gasteiger partial charge in [0.15, 0.2) is 0 Å². The molecule has 0 aliphatic carbocycles. The van der Waals surface area contributed by atoms with Crippen LogP contribution in [0.25, 0.3) is 22.2 Å². The summed E-state index contributed by atoms with van der Waals surface area (Å²) in [6.45, 7) is -0.276. The molecule has 0 radical (unpaired) electrons. The summed E-state index contributed by atoms with van der Waals surface area (Å²) in [5, 5.41) is 7.79. The quantitative estimate of drug-likeness (QED) is 0.585. The van der Waals surface area contributed by atoms with Gasteiger partial charge in [-0.1, -0.05) is 18.2 Å². The fourth-order valence-electron chi connectivity index (χ4n) is 2.89.